The van der Waals surface area contributed by atoms with Gasteiger partial charge in [-0.25, -0.2) is 0 Å². The van der Waals surface area contributed by atoms with Gasteiger partial charge in [-0.1, -0.05) is 60.8 Å². The van der Waals surface area contributed by atoms with Gasteiger partial charge in [-0.2, -0.15) is 0 Å². The first-order valence-electron chi connectivity index (χ1n) is 14.0. The van der Waals surface area contributed by atoms with E-state index in [2.05, 4.69) is 41.5 Å². The topological polar surface area (TPSA) is 27.7 Å². The highest BCUT2D eigenvalue weighted by Crippen LogP contribution is 2.48. The van der Waals surface area contributed by atoms with Crippen LogP contribution in [0, 0.1) is 17.8 Å². The summed E-state index contributed by atoms with van der Waals surface area (Å²) in [6.07, 6.45) is 18.4. The van der Waals surface area contributed by atoms with Crippen LogP contribution < -0.4 is 0 Å². The number of rotatable bonds is 15. The molecule has 3 rings (SSSR count). The van der Waals surface area contributed by atoms with Gasteiger partial charge in [0, 0.05) is 16.8 Å². The molecule has 0 bridgehead atoms. The zero-order valence-electron chi connectivity index (χ0n) is 21.6. The Morgan fingerprint density at radius 2 is 0.710 bits per heavy atom. The highest BCUT2D eigenvalue weighted by atomic mass is 27.3. The molecular formula is C27H51AlO3. The Morgan fingerprint density at radius 1 is 0.484 bits per heavy atom. The summed E-state index contributed by atoms with van der Waals surface area (Å²) in [4.78, 5) is 0. The van der Waals surface area contributed by atoms with E-state index in [1.54, 1.807) is 0 Å². The van der Waals surface area contributed by atoms with Gasteiger partial charge in [-0.05, 0) is 94.8 Å². The zero-order chi connectivity index (χ0) is 22.5. The third-order valence-electron chi connectivity index (χ3n) is 10.1. The summed E-state index contributed by atoms with van der Waals surface area (Å²) in [5.74, 6) is 2.06. The van der Waals surface area contributed by atoms with Crippen LogP contribution in [0.1, 0.15) is 138 Å². The van der Waals surface area contributed by atoms with E-state index in [-0.39, 0.29) is 16.8 Å². The molecule has 0 atom stereocenters. The van der Waals surface area contributed by atoms with Gasteiger partial charge < -0.3 is 11.4 Å². The van der Waals surface area contributed by atoms with Crippen molar-refractivity contribution >= 4 is 15.1 Å². The first kappa shape index (κ1) is 26.0. The van der Waals surface area contributed by atoms with Crippen LogP contribution in [0.25, 0.3) is 0 Å². The summed E-state index contributed by atoms with van der Waals surface area (Å²) in [6, 6.07) is 0. The van der Waals surface area contributed by atoms with Gasteiger partial charge in [0.25, 0.3) is 0 Å². The van der Waals surface area contributed by atoms with E-state index >= 15 is 0 Å². The van der Waals surface area contributed by atoms with Crippen LogP contribution in [0.5, 0.6) is 0 Å². The molecule has 180 valence electrons. The largest absolute Gasteiger partial charge is 0.906 e. The van der Waals surface area contributed by atoms with Gasteiger partial charge in [0.2, 0.25) is 0 Å². The molecule has 3 nitrogen and oxygen atoms in total. The predicted molar refractivity (Wildman–Crippen MR) is 131 cm³/mol. The van der Waals surface area contributed by atoms with Gasteiger partial charge in [-0.15, -0.1) is 0 Å². The van der Waals surface area contributed by atoms with Crippen molar-refractivity contribution in [2.75, 3.05) is 0 Å². The van der Waals surface area contributed by atoms with Gasteiger partial charge >= 0.3 is 15.1 Å². The monoisotopic (exact) mass is 450 g/mol. The molecule has 0 heterocycles. The van der Waals surface area contributed by atoms with Crippen LogP contribution in [-0.2, 0) is 11.4 Å². The molecule has 0 aromatic heterocycles. The SMILES string of the molecule is CCC(CC)([O][Al]([O]C(CC)(CC)C1CCC1)[O]C(CC)(CC)C1CCC1)C1CCC1. The Balaban J connectivity index is 1.88. The second-order valence-corrected chi connectivity index (χ2v) is 12.1. The lowest BCUT2D eigenvalue weighted by molar-refractivity contribution is -0.155. The lowest BCUT2D eigenvalue weighted by Gasteiger charge is -2.52. The average Bonchev–Trinajstić information content (AvgIpc) is 2.67. The Morgan fingerprint density at radius 3 is 0.839 bits per heavy atom. The molecule has 3 saturated carbocycles. The fraction of sp³-hybridized carbons (Fsp3) is 1.00. The summed E-state index contributed by atoms with van der Waals surface area (Å²) in [5.41, 5.74) is -0.140. The van der Waals surface area contributed by atoms with Gasteiger partial charge in [-0.3, -0.25) is 0 Å². The van der Waals surface area contributed by atoms with Crippen molar-refractivity contribution in [3.05, 3.63) is 0 Å². The fourth-order valence-corrected chi connectivity index (χ4v) is 9.59. The molecule has 3 aliphatic rings. The molecule has 0 N–H and O–H groups in total. The molecular weight excluding hydrogens is 399 g/mol. The van der Waals surface area contributed by atoms with E-state index in [4.69, 9.17) is 11.4 Å². The lowest BCUT2D eigenvalue weighted by atomic mass is 9.70. The van der Waals surface area contributed by atoms with Crippen LogP contribution in [0.15, 0.2) is 0 Å². The van der Waals surface area contributed by atoms with Crippen molar-refractivity contribution in [1.82, 2.24) is 0 Å². The predicted octanol–water partition coefficient (Wildman–Crippen LogP) is 8.10. The fourth-order valence-electron chi connectivity index (χ4n) is 6.72. The van der Waals surface area contributed by atoms with E-state index in [0.29, 0.717) is 17.8 Å². The van der Waals surface area contributed by atoms with Gasteiger partial charge in [0.05, 0.1) is 0 Å². The zero-order valence-corrected chi connectivity index (χ0v) is 22.8. The van der Waals surface area contributed by atoms with Gasteiger partial charge in [0.1, 0.15) is 0 Å². The second-order valence-electron chi connectivity index (χ2n) is 10.8. The van der Waals surface area contributed by atoms with Crippen molar-refractivity contribution in [3.63, 3.8) is 0 Å². The van der Waals surface area contributed by atoms with Crippen molar-refractivity contribution in [2.24, 2.45) is 17.8 Å². The number of hydrogen-bond donors (Lipinski definition) is 0. The van der Waals surface area contributed by atoms with Crippen molar-refractivity contribution in [3.8, 4) is 0 Å². The maximum atomic E-state index is 7.19. The Bertz CT molecular complexity index is 451. The first-order valence-corrected chi connectivity index (χ1v) is 15.4. The van der Waals surface area contributed by atoms with Crippen LogP contribution >= 0.6 is 0 Å². The maximum Gasteiger partial charge on any atom is 0.906 e. The Labute approximate surface area is 198 Å². The van der Waals surface area contributed by atoms with Crippen molar-refractivity contribution in [1.29, 1.82) is 0 Å². The third kappa shape index (κ3) is 5.10. The van der Waals surface area contributed by atoms with Gasteiger partial charge in [0.15, 0.2) is 0 Å². The van der Waals surface area contributed by atoms with E-state index in [0.717, 1.165) is 38.5 Å². The first-order chi connectivity index (χ1) is 15.0. The standard InChI is InChI=1S/3C9H17O.Al/c3*1-3-9(10,4-2)8-6-5-7-8;/h3*8H,3-7H2,1-2H3;/q3*-1;+3. The molecule has 4 heteroatoms. The summed E-state index contributed by atoms with van der Waals surface area (Å²) in [7, 11) is 0. The minimum absolute atomic E-state index is 0.0468. The molecule has 0 aromatic rings. The molecule has 3 fully saturated rings. The smallest absolute Gasteiger partial charge is 0.449 e. The summed E-state index contributed by atoms with van der Waals surface area (Å²) < 4.78 is 21.6. The average molecular weight is 451 g/mol. The Hall–Kier alpha value is 0.412. The third-order valence-corrected chi connectivity index (χ3v) is 12.1. The summed E-state index contributed by atoms with van der Waals surface area (Å²) in [6.45, 7) is 13.9. The van der Waals surface area contributed by atoms with E-state index < -0.39 is 15.1 Å². The van der Waals surface area contributed by atoms with E-state index in [9.17, 15) is 0 Å². The van der Waals surface area contributed by atoms with Crippen LogP contribution in [0.2, 0.25) is 0 Å². The minimum Gasteiger partial charge on any atom is -0.449 e. The minimum atomic E-state index is -2.32. The van der Waals surface area contributed by atoms with Crippen LogP contribution in [0.4, 0.5) is 0 Å². The second kappa shape index (κ2) is 11.2. The van der Waals surface area contributed by atoms with Crippen molar-refractivity contribution in [2.45, 2.75) is 155 Å². The molecule has 0 saturated heterocycles. The number of hydrogen-bond acceptors (Lipinski definition) is 3. The molecule has 0 spiro atoms. The lowest BCUT2D eigenvalue weighted by Crippen LogP contribution is -2.57. The Kier molecular flexibility index (Phi) is 9.42. The molecule has 0 unspecified atom stereocenters. The molecule has 0 radical (unpaired) electrons. The van der Waals surface area contributed by atoms with Crippen LogP contribution in [-0.4, -0.2) is 32.0 Å². The molecule has 3 aliphatic carbocycles. The summed E-state index contributed by atoms with van der Waals surface area (Å²) in [5, 5.41) is 0. The highest BCUT2D eigenvalue weighted by Gasteiger charge is 2.55. The normalized spacial score (nSPS) is 21.5. The molecule has 0 aromatic carbocycles. The molecule has 31 heavy (non-hydrogen) atoms. The summed E-state index contributed by atoms with van der Waals surface area (Å²) >= 11 is -2.32. The molecule has 0 aliphatic heterocycles. The van der Waals surface area contributed by atoms with E-state index in [1.807, 2.05) is 0 Å². The molecule has 0 amide bonds. The van der Waals surface area contributed by atoms with Crippen molar-refractivity contribution < 1.29 is 11.4 Å². The quantitative estimate of drug-likeness (QED) is 0.236. The van der Waals surface area contributed by atoms with Crippen LogP contribution in [0.3, 0.4) is 0 Å². The maximum absolute atomic E-state index is 7.19. The van der Waals surface area contributed by atoms with E-state index in [1.165, 1.54) is 57.8 Å². The highest BCUT2D eigenvalue weighted by molar-refractivity contribution is 6.37.